The van der Waals surface area contributed by atoms with Crippen LogP contribution in [0.3, 0.4) is 0 Å². The van der Waals surface area contributed by atoms with Gasteiger partial charge >= 0.3 is 15.6 Å². The van der Waals surface area contributed by atoms with Crippen LogP contribution in [0.4, 0.5) is 4.79 Å². The molecule has 16 heavy (non-hydrogen) atoms. The van der Waals surface area contributed by atoms with Gasteiger partial charge in [-0.1, -0.05) is 13.3 Å². The van der Waals surface area contributed by atoms with E-state index in [2.05, 4.69) is 5.32 Å². The van der Waals surface area contributed by atoms with E-state index in [-0.39, 0.29) is 0 Å². The lowest BCUT2D eigenvalue weighted by Gasteiger charge is -2.22. The van der Waals surface area contributed by atoms with Crippen LogP contribution >= 0.6 is 0 Å². The molecule has 0 aromatic carbocycles. The number of nitrogens with one attached hydrogen (secondary N) is 1. The molecule has 0 aromatic rings. The van der Waals surface area contributed by atoms with E-state index in [9.17, 15) is 4.79 Å². The highest BCUT2D eigenvalue weighted by Gasteiger charge is 2.20. The number of amides is 2. The molecule has 0 saturated carbocycles. The Morgan fingerprint density at radius 3 is 2.25 bits per heavy atom. The summed E-state index contributed by atoms with van der Waals surface area (Å²) in [5.74, 6) is 0. The first-order valence-corrected chi connectivity index (χ1v) is 7.00. The number of carbonyl (C=O) groups is 1. The second kappa shape index (κ2) is 9.58. The summed E-state index contributed by atoms with van der Waals surface area (Å²) in [4.78, 5) is 10.7. The van der Waals surface area contributed by atoms with Gasteiger partial charge in [-0.05, 0) is 20.3 Å². The quantitative estimate of drug-likeness (QED) is 0.463. The van der Waals surface area contributed by atoms with Crippen molar-refractivity contribution < 1.29 is 18.1 Å². The Morgan fingerprint density at radius 2 is 1.88 bits per heavy atom. The van der Waals surface area contributed by atoms with E-state index in [4.69, 9.17) is 19.0 Å². The van der Waals surface area contributed by atoms with Gasteiger partial charge in [-0.2, -0.15) is 0 Å². The standard InChI is InChI=1S/C9H22N2O4Si/c1-4-7-8(11-9(10)12)15-16(13-5-2)14-6-3/h8,16H,4-7H2,1-3H3,(H3,10,11,12). The molecule has 0 aliphatic rings. The fourth-order valence-corrected chi connectivity index (χ4v) is 2.40. The molecule has 0 fully saturated rings. The van der Waals surface area contributed by atoms with Crippen molar-refractivity contribution in [2.45, 2.75) is 39.8 Å². The maximum Gasteiger partial charge on any atom is 0.485 e. The molecule has 3 N–H and O–H groups in total. The molecular weight excluding hydrogens is 228 g/mol. The topological polar surface area (TPSA) is 82.8 Å². The molecular formula is C9H22N2O4Si. The average Bonchev–Trinajstić information content (AvgIpc) is 2.17. The third-order valence-electron chi connectivity index (χ3n) is 1.73. The lowest BCUT2D eigenvalue weighted by atomic mass is 10.3. The first kappa shape index (κ1) is 15.4. The van der Waals surface area contributed by atoms with Gasteiger partial charge in [0.1, 0.15) is 6.23 Å². The van der Waals surface area contributed by atoms with Crippen molar-refractivity contribution in [2.75, 3.05) is 13.2 Å². The summed E-state index contributed by atoms with van der Waals surface area (Å²) in [5.41, 5.74) is 5.05. The summed E-state index contributed by atoms with van der Waals surface area (Å²) in [6, 6.07) is -0.598. The zero-order chi connectivity index (χ0) is 12.4. The Bertz CT molecular complexity index is 188. The maximum absolute atomic E-state index is 10.7. The molecule has 1 unspecified atom stereocenters. The van der Waals surface area contributed by atoms with Crippen molar-refractivity contribution in [3.63, 3.8) is 0 Å². The number of hydrogen-bond acceptors (Lipinski definition) is 4. The Labute approximate surface area is 98.4 Å². The molecule has 0 rings (SSSR count). The molecule has 2 amide bonds. The van der Waals surface area contributed by atoms with Gasteiger partial charge in [-0.15, -0.1) is 0 Å². The number of primary amides is 1. The first-order valence-electron chi connectivity index (χ1n) is 5.58. The van der Waals surface area contributed by atoms with E-state index in [1.54, 1.807) is 0 Å². The van der Waals surface area contributed by atoms with Gasteiger partial charge in [0.2, 0.25) is 0 Å². The van der Waals surface area contributed by atoms with Gasteiger partial charge < -0.3 is 24.3 Å². The molecule has 0 aromatic heterocycles. The molecule has 1 atom stereocenters. The van der Waals surface area contributed by atoms with Crippen molar-refractivity contribution in [3.05, 3.63) is 0 Å². The highest BCUT2D eigenvalue weighted by molar-refractivity contribution is 6.36. The number of rotatable bonds is 9. The molecule has 0 spiro atoms. The summed E-state index contributed by atoms with van der Waals surface area (Å²) in [6.07, 6.45) is 1.15. The van der Waals surface area contributed by atoms with Crippen molar-refractivity contribution in [1.82, 2.24) is 5.32 Å². The van der Waals surface area contributed by atoms with Crippen LogP contribution < -0.4 is 11.1 Å². The van der Waals surface area contributed by atoms with Gasteiger partial charge in [-0.3, -0.25) is 0 Å². The van der Waals surface area contributed by atoms with Crippen molar-refractivity contribution in [2.24, 2.45) is 5.73 Å². The highest BCUT2D eigenvalue weighted by atomic mass is 28.3. The van der Waals surface area contributed by atoms with Gasteiger partial charge in [0.25, 0.3) is 0 Å². The minimum atomic E-state index is -2.15. The van der Waals surface area contributed by atoms with Gasteiger partial charge in [0, 0.05) is 13.2 Å². The third kappa shape index (κ3) is 7.63. The minimum Gasteiger partial charge on any atom is -0.376 e. The lowest BCUT2D eigenvalue weighted by molar-refractivity contribution is 0.0494. The van der Waals surface area contributed by atoms with Crippen LogP contribution in [0.2, 0.25) is 0 Å². The third-order valence-corrected chi connectivity index (χ3v) is 3.50. The first-order chi connectivity index (χ1) is 7.63. The molecule has 0 heterocycles. The molecule has 0 bridgehead atoms. The molecule has 0 aliphatic heterocycles. The van der Waals surface area contributed by atoms with Crippen LogP contribution in [0, 0.1) is 0 Å². The molecule has 96 valence electrons. The number of nitrogens with two attached hydrogens (primary N) is 1. The second-order valence-corrected chi connectivity index (χ2v) is 4.64. The van der Waals surface area contributed by atoms with E-state index in [0.717, 1.165) is 6.42 Å². The predicted octanol–water partition coefficient (Wildman–Crippen LogP) is 0.588. The SMILES string of the molecule is CCCC(NC(N)=O)O[SiH](OCC)OCC. The largest absolute Gasteiger partial charge is 0.485 e. The summed E-state index contributed by atoms with van der Waals surface area (Å²) in [6.45, 7) is 6.81. The fourth-order valence-electron chi connectivity index (χ4n) is 1.13. The van der Waals surface area contributed by atoms with Crippen LogP contribution in [-0.4, -0.2) is 35.0 Å². The van der Waals surface area contributed by atoms with Crippen LogP contribution in [0.5, 0.6) is 0 Å². The summed E-state index contributed by atoms with van der Waals surface area (Å²) in [7, 11) is -2.15. The van der Waals surface area contributed by atoms with E-state index in [0.29, 0.717) is 19.6 Å². The van der Waals surface area contributed by atoms with Gasteiger partial charge in [-0.25, -0.2) is 4.79 Å². The van der Waals surface area contributed by atoms with Crippen LogP contribution in [0.15, 0.2) is 0 Å². The van der Waals surface area contributed by atoms with E-state index >= 15 is 0 Å². The van der Waals surface area contributed by atoms with Gasteiger partial charge in [0.05, 0.1) is 0 Å². The summed E-state index contributed by atoms with van der Waals surface area (Å²) < 4.78 is 16.3. The smallest absolute Gasteiger partial charge is 0.376 e. The molecule has 0 saturated heterocycles. The zero-order valence-corrected chi connectivity index (χ0v) is 11.3. The fraction of sp³-hybridized carbons (Fsp3) is 0.889. The number of hydrogen-bond donors (Lipinski definition) is 2. The predicted molar refractivity (Wildman–Crippen MR) is 62.9 cm³/mol. The van der Waals surface area contributed by atoms with Crippen LogP contribution in [0.25, 0.3) is 0 Å². The maximum atomic E-state index is 10.7. The highest BCUT2D eigenvalue weighted by Crippen LogP contribution is 2.03. The second-order valence-electron chi connectivity index (χ2n) is 3.12. The van der Waals surface area contributed by atoms with E-state index < -0.39 is 21.8 Å². The monoisotopic (exact) mass is 250 g/mol. The Kier molecular flexibility index (Phi) is 9.20. The molecule has 6 nitrogen and oxygen atoms in total. The Morgan fingerprint density at radius 1 is 1.31 bits per heavy atom. The van der Waals surface area contributed by atoms with Crippen molar-refractivity contribution in [1.29, 1.82) is 0 Å². The Hall–Kier alpha value is -0.633. The molecule has 0 radical (unpaired) electrons. The normalized spacial score (nSPS) is 12.8. The lowest BCUT2D eigenvalue weighted by Crippen LogP contribution is -2.45. The summed E-state index contributed by atoms with van der Waals surface area (Å²) >= 11 is 0. The summed E-state index contributed by atoms with van der Waals surface area (Å²) in [5, 5.41) is 2.52. The minimum absolute atomic E-state index is 0.419. The van der Waals surface area contributed by atoms with Crippen LogP contribution in [0.1, 0.15) is 33.6 Å². The number of carbonyl (C=O) groups excluding carboxylic acids is 1. The van der Waals surface area contributed by atoms with Gasteiger partial charge in [0.15, 0.2) is 0 Å². The Balaban J connectivity index is 4.13. The van der Waals surface area contributed by atoms with Crippen molar-refractivity contribution >= 4 is 15.6 Å². The zero-order valence-electron chi connectivity index (χ0n) is 10.2. The van der Waals surface area contributed by atoms with Crippen LogP contribution in [-0.2, 0) is 13.3 Å². The van der Waals surface area contributed by atoms with E-state index in [1.807, 2.05) is 20.8 Å². The van der Waals surface area contributed by atoms with Crippen molar-refractivity contribution in [3.8, 4) is 0 Å². The van der Waals surface area contributed by atoms with E-state index in [1.165, 1.54) is 0 Å². The molecule has 7 heteroatoms. The number of urea groups is 1. The molecule has 0 aliphatic carbocycles. The average molecular weight is 250 g/mol.